The quantitative estimate of drug-likeness (QED) is 0.315. The molecule has 0 spiro atoms. The first-order valence-corrected chi connectivity index (χ1v) is 11.2. The van der Waals surface area contributed by atoms with E-state index in [9.17, 15) is 4.79 Å². The van der Waals surface area contributed by atoms with E-state index in [0.717, 1.165) is 37.3 Å². The number of nitrogens with one attached hydrogen (secondary N) is 1. The van der Waals surface area contributed by atoms with Crippen LogP contribution in [0.5, 0.6) is 0 Å². The zero-order valence-corrected chi connectivity index (χ0v) is 19.5. The fraction of sp³-hybridized carbons (Fsp3) is 0.320. The second-order valence-electron chi connectivity index (χ2n) is 8.10. The Morgan fingerprint density at radius 1 is 1.03 bits per heavy atom. The van der Waals surface area contributed by atoms with Crippen molar-refractivity contribution in [2.75, 3.05) is 18.4 Å². The summed E-state index contributed by atoms with van der Waals surface area (Å²) in [7, 11) is 0. The third-order valence-electron chi connectivity index (χ3n) is 5.85. The molecule has 0 amide bonds. The van der Waals surface area contributed by atoms with Gasteiger partial charge < -0.3 is 5.32 Å². The summed E-state index contributed by atoms with van der Waals surface area (Å²) >= 11 is 5.88. The van der Waals surface area contributed by atoms with E-state index in [2.05, 4.69) is 50.5 Å². The second-order valence-corrected chi connectivity index (χ2v) is 8.48. The highest BCUT2D eigenvalue weighted by molar-refractivity contribution is 6.29. The maximum atomic E-state index is 12.6. The van der Waals surface area contributed by atoms with Crippen LogP contribution in [0.2, 0.25) is 5.15 Å². The SMILES string of the molecule is Cl.O=C(CCC1CCN(Cc2ccccc2)CC1)c1ccc(Nc2cc(Cl)ncn2)cc1. The number of benzene rings is 2. The molecular formula is C25H28Cl2N4O. The molecule has 5 nitrogen and oxygen atoms in total. The Labute approximate surface area is 200 Å². The number of aromatic nitrogens is 2. The molecule has 0 bridgehead atoms. The summed E-state index contributed by atoms with van der Waals surface area (Å²) in [5, 5.41) is 3.55. The third-order valence-corrected chi connectivity index (χ3v) is 6.06. The van der Waals surface area contributed by atoms with Crippen molar-refractivity contribution in [1.29, 1.82) is 0 Å². The van der Waals surface area contributed by atoms with E-state index in [1.807, 2.05) is 24.3 Å². The molecule has 1 N–H and O–H groups in total. The fourth-order valence-electron chi connectivity index (χ4n) is 4.04. The van der Waals surface area contributed by atoms with Crippen molar-refractivity contribution in [2.45, 2.75) is 32.2 Å². The summed E-state index contributed by atoms with van der Waals surface area (Å²) in [6.45, 7) is 3.25. The second kappa shape index (κ2) is 12.0. The summed E-state index contributed by atoms with van der Waals surface area (Å²) in [4.78, 5) is 23.1. The molecule has 3 aromatic rings. The molecule has 4 rings (SSSR count). The molecule has 1 aliphatic rings. The Kier molecular flexibility index (Phi) is 9.03. The predicted octanol–water partition coefficient (Wildman–Crippen LogP) is 6.17. The first-order chi connectivity index (χ1) is 15.2. The minimum atomic E-state index is 0. The summed E-state index contributed by atoms with van der Waals surface area (Å²) in [5.74, 6) is 1.47. The van der Waals surface area contributed by atoms with Gasteiger partial charge in [-0.1, -0.05) is 41.9 Å². The molecule has 0 saturated carbocycles. The van der Waals surface area contributed by atoms with Crippen LogP contribution in [0.4, 0.5) is 11.5 Å². The predicted molar refractivity (Wildman–Crippen MR) is 132 cm³/mol. The van der Waals surface area contributed by atoms with Crippen molar-refractivity contribution in [3.05, 3.63) is 83.3 Å². The Morgan fingerprint density at radius 2 is 1.75 bits per heavy atom. The lowest BCUT2D eigenvalue weighted by atomic mass is 9.90. The number of piperidine rings is 1. The zero-order chi connectivity index (χ0) is 21.5. The normalized spacial score (nSPS) is 14.5. The average molecular weight is 471 g/mol. The number of Topliss-reactive ketones (excluding diaryl/α,β-unsaturated/α-hetero) is 1. The van der Waals surface area contributed by atoms with Gasteiger partial charge in [-0.25, -0.2) is 9.97 Å². The van der Waals surface area contributed by atoms with Crippen LogP contribution in [0, 0.1) is 5.92 Å². The molecule has 1 saturated heterocycles. The number of likely N-dealkylation sites (tertiary alicyclic amines) is 1. The van der Waals surface area contributed by atoms with Crippen molar-refractivity contribution >= 4 is 41.3 Å². The first-order valence-electron chi connectivity index (χ1n) is 10.8. The van der Waals surface area contributed by atoms with Crippen LogP contribution < -0.4 is 5.32 Å². The van der Waals surface area contributed by atoms with Crippen LogP contribution >= 0.6 is 24.0 Å². The Hall–Kier alpha value is -2.47. The van der Waals surface area contributed by atoms with Crippen LogP contribution in [-0.2, 0) is 6.54 Å². The van der Waals surface area contributed by atoms with Gasteiger partial charge in [0.15, 0.2) is 5.78 Å². The topological polar surface area (TPSA) is 58.1 Å². The van der Waals surface area contributed by atoms with Gasteiger partial charge in [0.25, 0.3) is 0 Å². The molecule has 32 heavy (non-hydrogen) atoms. The number of nitrogens with zero attached hydrogens (tertiary/aromatic N) is 3. The molecular weight excluding hydrogens is 443 g/mol. The van der Waals surface area contributed by atoms with Gasteiger partial charge >= 0.3 is 0 Å². The molecule has 7 heteroatoms. The molecule has 0 aliphatic carbocycles. The number of carbonyl (C=O) groups is 1. The van der Waals surface area contributed by atoms with Crippen molar-refractivity contribution in [1.82, 2.24) is 14.9 Å². The van der Waals surface area contributed by atoms with Crippen LogP contribution in [0.3, 0.4) is 0 Å². The summed E-state index contributed by atoms with van der Waals surface area (Å²) < 4.78 is 0. The Morgan fingerprint density at radius 3 is 2.44 bits per heavy atom. The van der Waals surface area contributed by atoms with Gasteiger partial charge in [-0.05, 0) is 68.1 Å². The zero-order valence-electron chi connectivity index (χ0n) is 17.9. The molecule has 2 aromatic carbocycles. The maximum absolute atomic E-state index is 12.6. The molecule has 2 heterocycles. The largest absolute Gasteiger partial charge is 0.340 e. The van der Waals surface area contributed by atoms with Gasteiger partial charge in [0.05, 0.1) is 0 Å². The highest BCUT2D eigenvalue weighted by Crippen LogP contribution is 2.24. The van der Waals surface area contributed by atoms with Gasteiger partial charge in [-0.2, -0.15) is 0 Å². The van der Waals surface area contributed by atoms with Crippen LogP contribution in [0.15, 0.2) is 67.0 Å². The third kappa shape index (κ3) is 7.02. The standard InChI is InChI=1S/C25H27ClN4O.ClH/c26-24-16-25(28-18-27-24)29-22-9-7-21(8-10-22)23(31)11-6-19-12-14-30(15-13-19)17-20-4-2-1-3-5-20;/h1-5,7-10,16,18-19H,6,11-15,17H2,(H,27,28,29);1H. The minimum Gasteiger partial charge on any atom is -0.340 e. The number of rotatable bonds is 8. The lowest BCUT2D eigenvalue weighted by Crippen LogP contribution is -2.33. The summed E-state index contributed by atoms with van der Waals surface area (Å²) in [6, 6.07) is 19.8. The van der Waals surface area contributed by atoms with Crippen LogP contribution in [0.1, 0.15) is 41.6 Å². The highest BCUT2D eigenvalue weighted by Gasteiger charge is 2.20. The van der Waals surface area contributed by atoms with Crippen molar-refractivity contribution in [3.8, 4) is 0 Å². The molecule has 1 fully saturated rings. The van der Waals surface area contributed by atoms with Gasteiger partial charge in [-0.15, -0.1) is 12.4 Å². The van der Waals surface area contributed by atoms with Gasteiger partial charge in [0.1, 0.15) is 17.3 Å². The molecule has 0 radical (unpaired) electrons. The Balaban J connectivity index is 0.00000289. The number of anilines is 2. The van der Waals surface area contributed by atoms with E-state index in [1.165, 1.54) is 24.7 Å². The molecule has 1 aliphatic heterocycles. The lowest BCUT2D eigenvalue weighted by Gasteiger charge is -2.32. The minimum absolute atomic E-state index is 0. The maximum Gasteiger partial charge on any atom is 0.162 e. The number of halogens is 2. The smallest absolute Gasteiger partial charge is 0.162 e. The van der Waals surface area contributed by atoms with E-state index in [0.29, 0.717) is 23.3 Å². The van der Waals surface area contributed by atoms with E-state index >= 15 is 0 Å². The number of hydrogen-bond acceptors (Lipinski definition) is 5. The van der Waals surface area contributed by atoms with Crippen molar-refractivity contribution < 1.29 is 4.79 Å². The van der Waals surface area contributed by atoms with E-state index in [-0.39, 0.29) is 18.2 Å². The van der Waals surface area contributed by atoms with Gasteiger partial charge in [-0.3, -0.25) is 9.69 Å². The van der Waals surface area contributed by atoms with Gasteiger partial charge in [0.2, 0.25) is 0 Å². The Bertz CT molecular complexity index is 990. The van der Waals surface area contributed by atoms with Crippen molar-refractivity contribution in [2.24, 2.45) is 5.92 Å². The fourth-order valence-corrected chi connectivity index (χ4v) is 4.19. The van der Waals surface area contributed by atoms with Crippen LogP contribution in [0.25, 0.3) is 0 Å². The van der Waals surface area contributed by atoms with E-state index in [4.69, 9.17) is 11.6 Å². The number of ketones is 1. The van der Waals surface area contributed by atoms with E-state index < -0.39 is 0 Å². The average Bonchev–Trinajstić information content (AvgIpc) is 2.80. The lowest BCUT2D eigenvalue weighted by molar-refractivity contribution is 0.0961. The number of hydrogen-bond donors (Lipinski definition) is 1. The van der Waals surface area contributed by atoms with Crippen LogP contribution in [-0.4, -0.2) is 33.7 Å². The molecule has 0 atom stereocenters. The molecule has 0 unspecified atom stereocenters. The monoisotopic (exact) mass is 470 g/mol. The molecule has 1 aromatic heterocycles. The summed E-state index contributed by atoms with van der Waals surface area (Å²) in [6.07, 6.45) is 5.33. The first kappa shape index (κ1) is 24.2. The molecule has 168 valence electrons. The van der Waals surface area contributed by atoms with Gasteiger partial charge in [0, 0.05) is 30.3 Å². The number of carbonyl (C=O) groups excluding carboxylic acids is 1. The summed E-state index contributed by atoms with van der Waals surface area (Å²) in [5.41, 5.74) is 2.99. The van der Waals surface area contributed by atoms with E-state index in [1.54, 1.807) is 6.07 Å². The highest BCUT2D eigenvalue weighted by atomic mass is 35.5. The van der Waals surface area contributed by atoms with Crippen molar-refractivity contribution in [3.63, 3.8) is 0 Å².